The van der Waals surface area contributed by atoms with E-state index in [4.69, 9.17) is 0 Å². The van der Waals surface area contributed by atoms with Crippen LogP contribution in [0.25, 0.3) is 0 Å². The summed E-state index contributed by atoms with van der Waals surface area (Å²) in [6.45, 7) is 4.63. The van der Waals surface area contributed by atoms with E-state index in [9.17, 15) is 4.79 Å². The van der Waals surface area contributed by atoms with E-state index in [0.29, 0.717) is 12.4 Å². The standard InChI is InChI=1S/C8H9N3O.C2H6/c1-11-5-6-3-2-4-9-7(6)10-8(11)12;1-2/h2-4H,5H2,1H3,(H,9,10,12);1-2H3. The van der Waals surface area contributed by atoms with Gasteiger partial charge in [0.05, 0.1) is 6.54 Å². The van der Waals surface area contributed by atoms with E-state index in [0.717, 1.165) is 5.56 Å². The molecule has 0 aliphatic carbocycles. The van der Waals surface area contributed by atoms with Crippen LogP contribution in [0.1, 0.15) is 19.4 Å². The number of carbonyl (C=O) groups excluding carboxylic acids is 1. The Morgan fingerprint density at radius 1 is 1.50 bits per heavy atom. The van der Waals surface area contributed by atoms with Crippen molar-refractivity contribution in [3.63, 3.8) is 0 Å². The van der Waals surface area contributed by atoms with Crippen LogP contribution in [0.5, 0.6) is 0 Å². The summed E-state index contributed by atoms with van der Waals surface area (Å²) in [7, 11) is 1.76. The fourth-order valence-corrected chi connectivity index (χ4v) is 1.20. The number of pyridine rings is 1. The second kappa shape index (κ2) is 4.60. The fourth-order valence-electron chi connectivity index (χ4n) is 1.20. The van der Waals surface area contributed by atoms with Crippen LogP contribution in [-0.4, -0.2) is 23.0 Å². The molecular formula is C10H15N3O. The van der Waals surface area contributed by atoms with Crippen LogP contribution in [0.4, 0.5) is 10.6 Å². The van der Waals surface area contributed by atoms with Crippen molar-refractivity contribution in [2.45, 2.75) is 20.4 Å². The van der Waals surface area contributed by atoms with Gasteiger partial charge in [-0.1, -0.05) is 19.9 Å². The molecular weight excluding hydrogens is 178 g/mol. The highest BCUT2D eigenvalue weighted by Gasteiger charge is 2.18. The van der Waals surface area contributed by atoms with E-state index in [-0.39, 0.29) is 6.03 Å². The zero-order chi connectivity index (χ0) is 10.6. The molecule has 0 fully saturated rings. The molecule has 1 N–H and O–H groups in total. The first kappa shape index (κ1) is 10.5. The van der Waals surface area contributed by atoms with Crippen molar-refractivity contribution in [2.75, 3.05) is 12.4 Å². The van der Waals surface area contributed by atoms with E-state index in [1.54, 1.807) is 18.1 Å². The molecule has 0 radical (unpaired) electrons. The van der Waals surface area contributed by atoms with Gasteiger partial charge >= 0.3 is 6.03 Å². The summed E-state index contributed by atoms with van der Waals surface area (Å²) < 4.78 is 0. The molecule has 0 aromatic carbocycles. The minimum absolute atomic E-state index is 0.0961. The molecule has 4 nitrogen and oxygen atoms in total. The molecule has 1 aromatic heterocycles. The van der Waals surface area contributed by atoms with E-state index in [1.165, 1.54) is 0 Å². The average molecular weight is 193 g/mol. The number of nitrogens with one attached hydrogen (secondary N) is 1. The Morgan fingerprint density at radius 3 is 2.93 bits per heavy atom. The lowest BCUT2D eigenvalue weighted by Gasteiger charge is -2.24. The Kier molecular flexibility index (Phi) is 3.45. The van der Waals surface area contributed by atoms with Crippen molar-refractivity contribution in [3.05, 3.63) is 23.9 Å². The highest BCUT2D eigenvalue weighted by Crippen LogP contribution is 2.18. The van der Waals surface area contributed by atoms with Crippen LogP contribution in [0.15, 0.2) is 18.3 Å². The summed E-state index contributed by atoms with van der Waals surface area (Å²) >= 11 is 0. The zero-order valence-corrected chi connectivity index (χ0v) is 8.74. The molecule has 0 spiro atoms. The molecule has 2 heterocycles. The number of aromatic nitrogens is 1. The fraction of sp³-hybridized carbons (Fsp3) is 0.400. The summed E-state index contributed by atoms with van der Waals surface area (Å²) in [5.41, 5.74) is 1.06. The van der Waals surface area contributed by atoms with E-state index >= 15 is 0 Å². The topological polar surface area (TPSA) is 45.2 Å². The van der Waals surface area contributed by atoms with Crippen LogP contribution in [-0.2, 0) is 6.54 Å². The Balaban J connectivity index is 0.000000461. The SMILES string of the molecule is CC.CN1Cc2cccnc2NC1=O. The van der Waals surface area contributed by atoms with Gasteiger partial charge in [0.1, 0.15) is 5.82 Å². The van der Waals surface area contributed by atoms with Gasteiger partial charge in [0.2, 0.25) is 0 Å². The highest BCUT2D eigenvalue weighted by atomic mass is 16.2. The average Bonchev–Trinajstić information content (AvgIpc) is 2.23. The normalized spacial score (nSPS) is 13.6. The second-order valence-corrected chi connectivity index (χ2v) is 2.80. The first-order valence-electron chi connectivity index (χ1n) is 4.73. The minimum atomic E-state index is -0.0961. The maximum Gasteiger partial charge on any atom is 0.323 e. The van der Waals surface area contributed by atoms with Crippen molar-refractivity contribution in [1.82, 2.24) is 9.88 Å². The summed E-state index contributed by atoms with van der Waals surface area (Å²) in [6, 6.07) is 3.73. The molecule has 0 saturated carbocycles. The quantitative estimate of drug-likeness (QED) is 0.685. The van der Waals surface area contributed by atoms with Crippen LogP contribution < -0.4 is 5.32 Å². The van der Waals surface area contributed by atoms with Crippen molar-refractivity contribution >= 4 is 11.8 Å². The van der Waals surface area contributed by atoms with E-state index in [2.05, 4.69) is 10.3 Å². The van der Waals surface area contributed by atoms with Crippen molar-refractivity contribution < 1.29 is 4.79 Å². The lowest BCUT2D eigenvalue weighted by molar-refractivity contribution is 0.218. The molecule has 14 heavy (non-hydrogen) atoms. The number of nitrogens with zero attached hydrogens (tertiary/aromatic N) is 2. The molecule has 2 rings (SSSR count). The smallest absolute Gasteiger partial charge is 0.323 e. The molecule has 0 bridgehead atoms. The number of hydrogen-bond acceptors (Lipinski definition) is 2. The summed E-state index contributed by atoms with van der Waals surface area (Å²) in [4.78, 5) is 16.8. The molecule has 2 amide bonds. The van der Waals surface area contributed by atoms with Gasteiger partial charge in [0.15, 0.2) is 0 Å². The van der Waals surface area contributed by atoms with Gasteiger partial charge in [-0.25, -0.2) is 9.78 Å². The van der Waals surface area contributed by atoms with Gasteiger partial charge in [0.25, 0.3) is 0 Å². The number of urea groups is 1. The predicted molar refractivity (Wildman–Crippen MR) is 56.1 cm³/mol. The number of amides is 2. The molecule has 0 saturated heterocycles. The van der Waals surface area contributed by atoms with Gasteiger partial charge in [-0.3, -0.25) is 5.32 Å². The Morgan fingerprint density at radius 2 is 2.21 bits per heavy atom. The number of rotatable bonds is 0. The van der Waals surface area contributed by atoms with Crippen LogP contribution in [0.2, 0.25) is 0 Å². The lowest BCUT2D eigenvalue weighted by Crippen LogP contribution is -2.35. The van der Waals surface area contributed by atoms with Crippen LogP contribution in [0, 0.1) is 0 Å². The third-order valence-corrected chi connectivity index (χ3v) is 1.87. The zero-order valence-electron chi connectivity index (χ0n) is 8.74. The number of carbonyl (C=O) groups is 1. The molecule has 76 valence electrons. The third-order valence-electron chi connectivity index (χ3n) is 1.87. The maximum absolute atomic E-state index is 11.1. The summed E-state index contributed by atoms with van der Waals surface area (Å²) in [6.07, 6.45) is 1.67. The molecule has 1 aliphatic heterocycles. The molecule has 1 aliphatic rings. The summed E-state index contributed by atoms with van der Waals surface area (Å²) in [5.74, 6) is 0.681. The number of hydrogen-bond donors (Lipinski definition) is 1. The van der Waals surface area contributed by atoms with Crippen molar-refractivity contribution in [1.29, 1.82) is 0 Å². The highest BCUT2D eigenvalue weighted by molar-refractivity contribution is 5.90. The second-order valence-electron chi connectivity index (χ2n) is 2.80. The van der Waals surface area contributed by atoms with Gasteiger partial charge in [0, 0.05) is 18.8 Å². The Bertz CT molecular complexity index is 325. The largest absolute Gasteiger partial charge is 0.323 e. The van der Waals surface area contributed by atoms with Gasteiger partial charge in [-0.2, -0.15) is 0 Å². The summed E-state index contributed by atoms with van der Waals surface area (Å²) in [5, 5.41) is 2.69. The Hall–Kier alpha value is -1.58. The predicted octanol–water partition coefficient (Wildman–Crippen LogP) is 2.09. The minimum Gasteiger partial charge on any atom is -0.323 e. The monoisotopic (exact) mass is 193 g/mol. The number of anilines is 1. The van der Waals surface area contributed by atoms with Crippen molar-refractivity contribution in [2.24, 2.45) is 0 Å². The molecule has 0 unspecified atom stereocenters. The van der Waals surface area contributed by atoms with Gasteiger partial charge < -0.3 is 4.90 Å². The Labute approximate surface area is 83.9 Å². The molecule has 1 aromatic rings. The van der Waals surface area contributed by atoms with Gasteiger partial charge in [-0.05, 0) is 6.07 Å². The van der Waals surface area contributed by atoms with Gasteiger partial charge in [-0.15, -0.1) is 0 Å². The molecule has 0 atom stereocenters. The molecule has 4 heteroatoms. The number of fused-ring (bicyclic) bond motifs is 1. The lowest BCUT2D eigenvalue weighted by atomic mass is 10.2. The third kappa shape index (κ3) is 2.02. The van der Waals surface area contributed by atoms with Crippen molar-refractivity contribution in [3.8, 4) is 0 Å². The van der Waals surface area contributed by atoms with Crippen LogP contribution in [0.3, 0.4) is 0 Å². The first-order valence-corrected chi connectivity index (χ1v) is 4.73. The van der Waals surface area contributed by atoms with E-state index < -0.39 is 0 Å². The van der Waals surface area contributed by atoms with E-state index in [1.807, 2.05) is 26.0 Å². The maximum atomic E-state index is 11.1. The first-order chi connectivity index (χ1) is 6.77. The van der Waals surface area contributed by atoms with Crippen LogP contribution >= 0.6 is 0 Å².